The largest absolute Gasteiger partial charge is 0.295 e. The Morgan fingerprint density at radius 1 is 1.27 bits per heavy atom. The molecule has 0 saturated heterocycles. The van der Waals surface area contributed by atoms with Crippen LogP contribution in [0.15, 0.2) is 56.7 Å². The van der Waals surface area contributed by atoms with Gasteiger partial charge >= 0.3 is 0 Å². The first-order chi connectivity index (χ1) is 12.5. The standard InChI is InChI=1S/C18H12BrClN4OS/c1-10-14(17(25)24(23-10)13-5-2-11(19)3-6-13)9-21-18-22-15-7-4-12(20)8-16(15)26-18/h2-9,23H,1H3. The van der Waals surface area contributed by atoms with Crippen molar-refractivity contribution in [3.05, 3.63) is 73.6 Å². The summed E-state index contributed by atoms with van der Waals surface area (Å²) in [6.07, 6.45) is 1.56. The molecular weight excluding hydrogens is 436 g/mol. The molecule has 2 aromatic carbocycles. The van der Waals surface area contributed by atoms with Crippen molar-refractivity contribution < 1.29 is 0 Å². The Kier molecular flexibility index (Phi) is 4.52. The number of aryl methyl sites for hydroxylation is 1. The van der Waals surface area contributed by atoms with Crippen molar-refractivity contribution in [2.75, 3.05) is 0 Å². The summed E-state index contributed by atoms with van der Waals surface area (Å²) in [5.74, 6) is 0. The Hall–Kier alpha value is -2.22. The van der Waals surface area contributed by atoms with Gasteiger partial charge in [0, 0.05) is 21.4 Å². The van der Waals surface area contributed by atoms with Crippen LogP contribution in [0, 0.1) is 6.92 Å². The van der Waals surface area contributed by atoms with Gasteiger partial charge in [-0.1, -0.05) is 38.9 Å². The van der Waals surface area contributed by atoms with E-state index in [0.29, 0.717) is 15.7 Å². The highest BCUT2D eigenvalue weighted by atomic mass is 79.9. The van der Waals surface area contributed by atoms with Gasteiger partial charge in [0.1, 0.15) is 0 Å². The molecule has 2 aromatic heterocycles. The fourth-order valence-electron chi connectivity index (χ4n) is 2.54. The van der Waals surface area contributed by atoms with Gasteiger partial charge in [-0.2, -0.15) is 0 Å². The van der Waals surface area contributed by atoms with Crippen LogP contribution < -0.4 is 5.56 Å². The van der Waals surface area contributed by atoms with Crippen LogP contribution in [0.3, 0.4) is 0 Å². The molecule has 0 aliphatic rings. The summed E-state index contributed by atoms with van der Waals surface area (Å²) >= 11 is 10.8. The van der Waals surface area contributed by atoms with E-state index in [2.05, 4.69) is 31.0 Å². The number of benzene rings is 2. The Morgan fingerprint density at radius 2 is 2.04 bits per heavy atom. The van der Waals surface area contributed by atoms with Gasteiger partial charge in [-0.3, -0.25) is 9.89 Å². The summed E-state index contributed by atoms with van der Waals surface area (Å²) in [7, 11) is 0. The third kappa shape index (κ3) is 3.25. The van der Waals surface area contributed by atoms with Gasteiger partial charge in [-0.05, 0) is 49.4 Å². The molecule has 0 radical (unpaired) electrons. The van der Waals surface area contributed by atoms with E-state index < -0.39 is 0 Å². The zero-order valence-electron chi connectivity index (χ0n) is 13.5. The minimum absolute atomic E-state index is 0.155. The van der Waals surface area contributed by atoms with E-state index in [1.54, 1.807) is 12.3 Å². The Bertz CT molecular complexity index is 1190. The maximum Gasteiger partial charge on any atom is 0.280 e. The quantitative estimate of drug-likeness (QED) is 0.436. The molecule has 130 valence electrons. The van der Waals surface area contributed by atoms with Gasteiger partial charge in [0.25, 0.3) is 5.56 Å². The smallest absolute Gasteiger partial charge is 0.280 e. The van der Waals surface area contributed by atoms with E-state index in [-0.39, 0.29) is 5.56 Å². The lowest BCUT2D eigenvalue weighted by molar-refractivity contribution is 0.835. The number of nitrogens with one attached hydrogen (secondary N) is 1. The second-order valence-corrected chi connectivity index (χ2v) is 8.00. The van der Waals surface area contributed by atoms with Crippen molar-refractivity contribution in [2.45, 2.75) is 6.92 Å². The first-order valence-electron chi connectivity index (χ1n) is 7.69. The number of aliphatic imine (C=N–C) groups is 1. The fourth-order valence-corrected chi connectivity index (χ4v) is 3.90. The molecule has 26 heavy (non-hydrogen) atoms. The van der Waals surface area contributed by atoms with Crippen molar-refractivity contribution in [3.8, 4) is 5.69 Å². The zero-order chi connectivity index (χ0) is 18.3. The number of hydrogen-bond acceptors (Lipinski definition) is 4. The van der Waals surface area contributed by atoms with E-state index in [1.165, 1.54) is 16.0 Å². The number of hydrogen-bond donors (Lipinski definition) is 1. The van der Waals surface area contributed by atoms with Gasteiger partial charge in [0.15, 0.2) is 0 Å². The van der Waals surface area contributed by atoms with Gasteiger partial charge < -0.3 is 0 Å². The summed E-state index contributed by atoms with van der Waals surface area (Å²) in [5, 5.41) is 4.33. The summed E-state index contributed by atoms with van der Waals surface area (Å²) in [4.78, 5) is 21.5. The highest BCUT2D eigenvalue weighted by molar-refractivity contribution is 9.10. The topological polar surface area (TPSA) is 63.0 Å². The third-order valence-electron chi connectivity index (χ3n) is 3.85. The lowest BCUT2D eigenvalue weighted by Gasteiger charge is -2.00. The Morgan fingerprint density at radius 3 is 2.81 bits per heavy atom. The second-order valence-electron chi connectivity index (χ2n) is 5.63. The molecule has 0 fully saturated rings. The van der Waals surface area contributed by atoms with Crippen LogP contribution in [-0.4, -0.2) is 21.0 Å². The van der Waals surface area contributed by atoms with E-state index in [9.17, 15) is 4.79 Å². The van der Waals surface area contributed by atoms with Crippen LogP contribution in [0.2, 0.25) is 5.02 Å². The molecule has 0 atom stereocenters. The Balaban J connectivity index is 1.70. The minimum atomic E-state index is -0.155. The van der Waals surface area contributed by atoms with Crippen LogP contribution in [0.25, 0.3) is 15.9 Å². The molecule has 2 heterocycles. The molecule has 0 saturated carbocycles. The summed E-state index contributed by atoms with van der Waals surface area (Å²) in [5.41, 5.74) is 2.69. The number of rotatable bonds is 3. The van der Waals surface area contributed by atoms with Gasteiger partial charge in [0.2, 0.25) is 5.13 Å². The predicted octanol–water partition coefficient (Wildman–Crippen LogP) is 5.25. The fraction of sp³-hybridized carbons (Fsp3) is 0.0556. The van der Waals surface area contributed by atoms with Crippen LogP contribution in [0.1, 0.15) is 11.3 Å². The van der Waals surface area contributed by atoms with Crippen LogP contribution in [0.5, 0.6) is 0 Å². The number of H-pyrrole nitrogens is 1. The average Bonchev–Trinajstić information content (AvgIpc) is 3.14. The molecule has 1 N–H and O–H groups in total. The first-order valence-corrected chi connectivity index (χ1v) is 9.68. The normalized spacial score (nSPS) is 11.7. The van der Waals surface area contributed by atoms with E-state index in [0.717, 1.165) is 26.1 Å². The van der Waals surface area contributed by atoms with Gasteiger partial charge in [0.05, 0.1) is 21.5 Å². The number of aromatic nitrogens is 3. The zero-order valence-corrected chi connectivity index (χ0v) is 16.7. The first kappa shape index (κ1) is 17.2. The summed E-state index contributed by atoms with van der Waals surface area (Å²) in [6, 6.07) is 13.0. The van der Waals surface area contributed by atoms with Crippen molar-refractivity contribution in [2.24, 2.45) is 4.99 Å². The van der Waals surface area contributed by atoms with Crippen molar-refractivity contribution in [1.82, 2.24) is 14.8 Å². The predicted molar refractivity (Wildman–Crippen MR) is 111 cm³/mol. The molecular formula is C18H12BrClN4OS. The molecule has 8 heteroatoms. The van der Waals surface area contributed by atoms with Gasteiger partial charge in [-0.15, -0.1) is 0 Å². The molecule has 0 aliphatic carbocycles. The number of aromatic amines is 1. The van der Waals surface area contributed by atoms with E-state index >= 15 is 0 Å². The lowest BCUT2D eigenvalue weighted by atomic mass is 10.3. The number of halogens is 2. The van der Waals surface area contributed by atoms with E-state index in [4.69, 9.17) is 11.6 Å². The van der Waals surface area contributed by atoms with Crippen LogP contribution in [0.4, 0.5) is 5.13 Å². The van der Waals surface area contributed by atoms with Crippen LogP contribution >= 0.6 is 38.9 Å². The monoisotopic (exact) mass is 446 g/mol. The molecule has 0 aliphatic heterocycles. The minimum Gasteiger partial charge on any atom is -0.295 e. The SMILES string of the molecule is Cc1[nH]n(-c2ccc(Br)cc2)c(=O)c1C=Nc1nc2ccc(Cl)cc2s1. The second kappa shape index (κ2) is 6.83. The van der Waals surface area contributed by atoms with Crippen molar-refractivity contribution in [1.29, 1.82) is 0 Å². The highest BCUT2D eigenvalue weighted by Crippen LogP contribution is 2.29. The molecule has 0 bridgehead atoms. The Labute approximate surface area is 166 Å². The van der Waals surface area contributed by atoms with Crippen molar-refractivity contribution in [3.63, 3.8) is 0 Å². The third-order valence-corrected chi connectivity index (χ3v) is 5.54. The van der Waals surface area contributed by atoms with Crippen LogP contribution in [-0.2, 0) is 0 Å². The summed E-state index contributed by atoms with van der Waals surface area (Å²) < 4.78 is 3.42. The number of thiazole rings is 1. The molecule has 4 aromatic rings. The maximum absolute atomic E-state index is 12.7. The molecule has 0 unspecified atom stereocenters. The average molecular weight is 448 g/mol. The molecule has 0 spiro atoms. The molecule has 4 rings (SSSR count). The van der Waals surface area contributed by atoms with E-state index in [1.807, 2.05) is 43.3 Å². The van der Waals surface area contributed by atoms with Gasteiger partial charge in [-0.25, -0.2) is 14.7 Å². The molecule has 5 nitrogen and oxygen atoms in total. The number of nitrogens with zero attached hydrogens (tertiary/aromatic N) is 3. The summed E-state index contributed by atoms with van der Waals surface area (Å²) in [6.45, 7) is 1.84. The van der Waals surface area contributed by atoms with Crippen molar-refractivity contribution >= 4 is 60.4 Å². The number of fused-ring (bicyclic) bond motifs is 1. The molecule has 0 amide bonds. The highest BCUT2D eigenvalue weighted by Gasteiger charge is 2.11. The maximum atomic E-state index is 12.7. The lowest BCUT2D eigenvalue weighted by Crippen LogP contribution is -2.17.